The van der Waals surface area contributed by atoms with Crippen LogP contribution < -0.4 is 10.1 Å². The van der Waals surface area contributed by atoms with Crippen LogP contribution in [0.1, 0.15) is 11.5 Å². The van der Waals surface area contributed by atoms with Gasteiger partial charge in [-0.1, -0.05) is 17.7 Å². The Bertz CT molecular complexity index is 843. The van der Waals surface area contributed by atoms with Crippen LogP contribution >= 0.6 is 11.6 Å². The normalized spacial score (nSPS) is 10.8. The highest BCUT2D eigenvalue weighted by molar-refractivity contribution is 6.30. The molecule has 0 radical (unpaired) electrons. The van der Waals surface area contributed by atoms with Gasteiger partial charge in [-0.2, -0.15) is 0 Å². The first kappa shape index (κ1) is 16.3. The molecule has 0 atom stereocenters. The maximum Gasteiger partial charge on any atom is 0.257 e. The van der Waals surface area contributed by atoms with E-state index in [2.05, 4.69) is 10.3 Å². The Hall–Kier alpha value is -2.53. The lowest BCUT2D eigenvalue weighted by molar-refractivity contribution is -0.123. The zero-order chi connectivity index (χ0) is 16.9. The number of benzene rings is 2. The molecule has 3 aromatic rings. The van der Waals surface area contributed by atoms with Crippen molar-refractivity contribution in [2.24, 2.45) is 0 Å². The minimum atomic E-state index is -0.164. The van der Waals surface area contributed by atoms with E-state index in [0.29, 0.717) is 29.6 Å². The van der Waals surface area contributed by atoms with Gasteiger partial charge in [-0.15, -0.1) is 0 Å². The standard InChI is InChI=1S/C18H17ClN2O3/c1-12-21-16-10-13(2-7-17(16)24-12)8-9-20-18(22)11-23-15-5-3-14(19)4-6-15/h2-7,10H,8-9,11H2,1H3,(H,20,22). The Morgan fingerprint density at radius 1 is 1.25 bits per heavy atom. The molecule has 0 aliphatic heterocycles. The maximum atomic E-state index is 11.8. The van der Waals surface area contributed by atoms with Crippen molar-refractivity contribution in [3.05, 3.63) is 58.9 Å². The molecule has 0 aliphatic rings. The first-order valence-electron chi connectivity index (χ1n) is 7.61. The molecule has 1 amide bonds. The molecule has 0 aliphatic carbocycles. The number of nitrogens with zero attached hydrogens (tertiary/aromatic N) is 1. The van der Waals surface area contributed by atoms with E-state index >= 15 is 0 Å². The second-order valence-corrected chi connectivity index (χ2v) is 5.81. The first-order valence-corrected chi connectivity index (χ1v) is 7.99. The SMILES string of the molecule is Cc1nc2cc(CCNC(=O)COc3ccc(Cl)cc3)ccc2o1. The first-order chi connectivity index (χ1) is 11.6. The van der Waals surface area contributed by atoms with Gasteiger partial charge < -0.3 is 14.5 Å². The fourth-order valence-electron chi connectivity index (χ4n) is 2.32. The van der Waals surface area contributed by atoms with Crippen LogP contribution in [0.25, 0.3) is 11.1 Å². The van der Waals surface area contributed by atoms with Gasteiger partial charge in [-0.3, -0.25) is 4.79 Å². The molecule has 1 aromatic heterocycles. The van der Waals surface area contributed by atoms with Crippen molar-refractivity contribution >= 4 is 28.6 Å². The average Bonchev–Trinajstić information content (AvgIpc) is 2.93. The minimum absolute atomic E-state index is 0.0247. The van der Waals surface area contributed by atoms with Crippen molar-refractivity contribution in [3.8, 4) is 5.75 Å². The topological polar surface area (TPSA) is 64.4 Å². The van der Waals surface area contributed by atoms with E-state index in [0.717, 1.165) is 16.7 Å². The molecule has 3 rings (SSSR count). The van der Waals surface area contributed by atoms with Gasteiger partial charge in [0.15, 0.2) is 18.1 Å². The third kappa shape index (κ3) is 4.26. The molecule has 0 saturated carbocycles. The monoisotopic (exact) mass is 344 g/mol. The summed E-state index contributed by atoms with van der Waals surface area (Å²) in [5, 5.41) is 3.46. The number of carbonyl (C=O) groups is 1. The number of ether oxygens (including phenoxy) is 1. The number of oxazole rings is 1. The van der Waals surface area contributed by atoms with Crippen molar-refractivity contribution in [2.45, 2.75) is 13.3 Å². The molecule has 24 heavy (non-hydrogen) atoms. The van der Waals surface area contributed by atoms with E-state index < -0.39 is 0 Å². The van der Waals surface area contributed by atoms with Crippen LogP contribution in [0.4, 0.5) is 0 Å². The van der Waals surface area contributed by atoms with Crippen LogP contribution in [0, 0.1) is 6.92 Å². The summed E-state index contributed by atoms with van der Waals surface area (Å²) in [7, 11) is 0. The van der Waals surface area contributed by atoms with Crippen LogP contribution in [-0.2, 0) is 11.2 Å². The summed E-state index contributed by atoms with van der Waals surface area (Å²) in [6.45, 7) is 2.33. The third-order valence-corrected chi connectivity index (χ3v) is 3.73. The lowest BCUT2D eigenvalue weighted by Gasteiger charge is -2.07. The van der Waals surface area contributed by atoms with Crippen LogP contribution in [0.15, 0.2) is 46.9 Å². The Morgan fingerprint density at radius 2 is 2.04 bits per heavy atom. The molecule has 0 unspecified atom stereocenters. The molecule has 5 nitrogen and oxygen atoms in total. The molecule has 2 aromatic carbocycles. The molecule has 6 heteroatoms. The summed E-state index contributed by atoms with van der Waals surface area (Å²) < 4.78 is 10.8. The van der Waals surface area contributed by atoms with Gasteiger partial charge in [0.25, 0.3) is 5.91 Å². The van der Waals surface area contributed by atoms with Crippen molar-refractivity contribution in [3.63, 3.8) is 0 Å². The molecule has 0 fully saturated rings. The van der Waals surface area contributed by atoms with Gasteiger partial charge in [0.1, 0.15) is 11.3 Å². The number of aryl methyl sites for hydroxylation is 1. The third-order valence-electron chi connectivity index (χ3n) is 3.48. The van der Waals surface area contributed by atoms with Gasteiger partial charge in [0.05, 0.1) is 0 Å². The van der Waals surface area contributed by atoms with E-state index in [-0.39, 0.29) is 12.5 Å². The summed E-state index contributed by atoms with van der Waals surface area (Å²) in [4.78, 5) is 16.1. The summed E-state index contributed by atoms with van der Waals surface area (Å²) in [5.74, 6) is 1.10. The predicted octanol–water partition coefficient (Wildman–Crippen LogP) is 3.53. The fraction of sp³-hybridized carbons (Fsp3) is 0.222. The second kappa shape index (κ2) is 7.36. The van der Waals surface area contributed by atoms with E-state index in [1.165, 1.54) is 0 Å². The Labute approximate surface area is 144 Å². The molecule has 0 saturated heterocycles. The van der Waals surface area contributed by atoms with Crippen LogP contribution in [0.2, 0.25) is 5.02 Å². The molecular formula is C18H17ClN2O3. The number of hydrogen-bond acceptors (Lipinski definition) is 4. The highest BCUT2D eigenvalue weighted by Crippen LogP contribution is 2.17. The summed E-state index contributed by atoms with van der Waals surface area (Å²) in [6.07, 6.45) is 0.717. The van der Waals surface area contributed by atoms with Crippen LogP contribution in [0.3, 0.4) is 0 Å². The number of halogens is 1. The van der Waals surface area contributed by atoms with E-state index in [1.807, 2.05) is 25.1 Å². The lowest BCUT2D eigenvalue weighted by atomic mass is 10.1. The molecule has 0 bridgehead atoms. The second-order valence-electron chi connectivity index (χ2n) is 5.38. The Kier molecular flexibility index (Phi) is 5.01. The van der Waals surface area contributed by atoms with Crippen LogP contribution in [-0.4, -0.2) is 24.0 Å². The highest BCUT2D eigenvalue weighted by atomic mass is 35.5. The summed E-state index contributed by atoms with van der Waals surface area (Å²) in [6, 6.07) is 12.7. The zero-order valence-corrected chi connectivity index (χ0v) is 14.0. The lowest BCUT2D eigenvalue weighted by Crippen LogP contribution is -2.30. The maximum absolute atomic E-state index is 11.8. The van der Waals surface area contributed by atoms with Gasteiger partial charge in [0, 0.05) is 18.5 Å². The number of amides is 1. The number of carbonyl (C=O) groups excluding carboxylic acids is 1. The number of hydrogen-bond donors (Lipinski definition) is 1. The Balaban J connectivity index is 1.44. The van der Waals surface area contributed by atoms with E-state index in [1.54, 1.807) is 24.3 Å². The summed E-state index contributed by atoms with van der Waals surface area (Å²) in [5.41, 5.74) is 2.70. The quantitative estimate of drug-likeness (QED) is 0.743. The van der Waals surface area contributed by atoms with Crippen LogP contribution in [0.5, 0.6) is 5.75 Å². The molecular weight excluding hydrogens is 328 g/mol. The fourth-order valence-corrected chi connectivity index (χ4v) is 2.45. The minimum Gasteiger partial charge on any atom is -0.484 e. The van der Waals surface area contributed by atoms with E-state index in [4.69, 9.17) is 20.8 Å². The number of fused-ring (bicyclic) bond motifs is 1. The highest BCUT2D eigenvalue weighted by Gasteiger charge is 2.05. The largest absolute Gasteiger partial charge is 0.484 e. The number of nitrogens with one attached hydrogen (secondary N) is 1. The molecule has 124 valence electrons. The van der Waals surface area contributed by atoms with E-state index in [9.17, 15) is 4.79 Å². The molecule has 0 spiro atoms. The van der Waals surface area contributed by atoms with Gasteiger partial charge >= 0.3 is 0 Å². The molecule has 1 N–H and O–H groups in total. The summed E-state index contributed by atoms with van der Waals surface area (Å²) >= 11 is 5.79. The predicted molar refractivity (Wildman–Crippen MR) is 92.4 cm³/mol. The Morgan fingerprint density at radius 3 is 2.83 bits per heavy atom. The average molecular weight is 345 g/mol. The zero-order valence-electron chi connectivity index (χ0n) is 13.2. The number of rotatable bonds is 6. The van der Waals surface area contributed by atoms with Gasteiger partial charge in [-0.25, -0.2) is 4.98 Å². The van der Waals surface area contributed by atoms with Crippen molar-refractivity contribution in [1.29, 1.82) is 0 Å². The van der Waals surface area contributed by atoms with Crippen molar-refractivity contribution in [1.82, 2.24) is 10.3 Å². The van der Waals surface area contributed by atoms with Gasteiger partial charge in [-0.05, 0) is 48.4 Å². The van der Waals surface area contributed by atoms with Crippen molar-refractivity contribution < 1.29 is 13.9 Å². The van der Waals surface area contributed by atoms with Gasteiger partial charge in [0.2, 0.25) is 0 Å². The smallest absolute Gasteiger partial charge is 0.257 e. The number of aromatic nitrogens is 1. The molecule has 1 heterocycles. The van der Waals surface area contributed by atoms with Crippen molar-refractivity contribution in [2.75, 3.05) is 13.2 Å².